The SMILES string of the molecule is CC(C)(C)OC(=O)N(Cc1ncc[nH]1)Cc1cccs1. The lowest BCUT2D eigenvalue weighted by Gasteiger charge is -2.26. The van der Waals surface area contributed by atoms with Crippen LogP contribution in [0.5, 0.6) is 0 Å². The van der Waals surface area contributed by atoms with E-state index in [1.165, 1.54) is 0 Å². The van der Waals surface area contributed by atoms with Gasteiger partial charge in [0.15, 0.2) is 0 Å². The normalized spacial score (nSPS) is 11.3. The molecule has 0 aliphatic heterocycles. The summed E-state index contributed by atoms with van der Waals surface area (Å²) in [6.45, 7) is 6.51. The summed E-state index contributed by atoms with van der Waals surface area (Å²) < 4.78 is 5.45. The maximum absolute atomic E-state index is 12.3. The monoisotopic (exact) mass is 293 g/mol. The minimum Gasteiger partial charge on any atom is -0.444 e. The smallest absolute Gasteiger partial charge is 0.411 e. The van der Waals surface area contributed by atoms with Gasteiger partial charge in [0.05, 0.1) is 13.1 Å². The van der Waals surface area contributed by atoms with Gasteiger partial charge in [-0.25, -0.2) is 9.78 Å². The number of nitrogens with one attached hydrogen (secondary N) is 1. The van der Waals surface area contributed by atoms with Gasteiger partial charge >= 0.3 is 6.09 Å². The molecule has 0 aliphatic rings. The Labute approximate surface area is 122 Å². The third kappa shape index (κ3) is 4.38. The van der Waals surface area contributed by atoms with Crippen LogP contribution >= 0.6 is 11.3 Å². The topological polar surface area (TPSA) is 58.2 Å². The van der Waals surface area contributed by atoms with Gasteiger partial charge in [-0.2, -0.15) is 0 Å². The predicted molar refractivity (Wildman–Crippen MR) is 78.4 cm³/mol. The van der Waals surface area contributed by atoms with E-state index in [-0.39, 0.29) is 6.09 Å². The van der Waals surface area contributed by atoms with Crippen LogP contribution in [0.4, 0.5) is 4.79 Å². The number of aromatic nitrogens is 2. The second-order valence-electron chi connectivity index (χ2n) is 5.45. The van der Waals surface area contributed by atoms with Gasteiger partial charge in [0, 0.05) is 17.3 Å². The number of thiophene rings is 1. The quantitative estimate of drug-likeness (QED) is 0.939. The fourth-order valence-corrected chi connectivity index (χ4v) is 2.39. The van der Waals surface area contributed by atoms with Crippen LogP contribution in [0.15, 0.2) is 29.9 Å². The Morgan fingerprint density at radius 2 is 2.25 bits per heavy atom. The average molecular weight is 293 g/mol. The molecule has 5 nitrogen and oxygen atoms in total. The summed E-state index contributed by atoms with van der Waals surface area (Å²) in [4.78, 5) is 22.2. The van der Waals surface area contributed by atoms with Gasteiger partial charge in [0.2, 0.25) is 0 Å². The number of carbonyl (C=O) groups is 1. The van der Waals surface area contributed by atoms with Crippen LogP contribution in [0.1, 0.15) is 31.5 Å². The molecule has 0 saturated heterocycles. The molecule has 0 bridgehead atoms. The van der Waals surface area contributed by atoms with Crippen LogP contribution in [0.2, 0.25) is 0 Å². The maximum Gasteiger partial charge on any atom is 0.411 e. The molecule has 0 saturated carbocycles. The minimum atomic E-state index is -0.506. The van der Waals surface area contributed by atoms with Crippen LogP contribution in [0, 0.1) is 0 Å². The number of rotatable bonds is 4. The third-order valence-corrected chi connectivity index (χ3v) is 3.34. The molecule has 0 unspecified atom stereocenters. The molecule has 1 amide bonds. The Bertz CT molecular complexity index is 493. The molecule has 0 fully saturated rings. The molecule has 2 aromatic rings. The fraction of sp³-hybridized carbons (Fsp3) is 0.429. The summed E-state index contributed by atoms with van der Waals surface area (Å²) in [7, 11) is 0. The number of amides is 1. The van der Waals surface area contributed by atoms with E-state index in [9.17, 15) is 4.79 Å². The summed E-state index contributed by atoms with van der Waals surface area (Å²) in [6, 6.07) is 3.98. The van der Waals surface area contributed by atoms with Gasteiger partial charge in [-0.15, -0.1) is 11.3 Å². The number of aromatic amines is 1. The lowest BCUT2D eigenvalue weighted by atomic mass is 10.2. The molecule has 0 aliphatic carbocycles. The highest BCUT2D eigenvalue weighted by Crippen LogP contribution is 2.17. The van der Waals surface area contributed by atoms with Crippen molar-refractivity contribution in [3.05, 3.63) is 40.6 Å². The van der Waals surface area contributed by atoms with Gasteiger partial charge in [-0.1, -0.05) is 6.07 Å². The molecule has 0 spiro atoms. The highest BCUT2D eigenvalue weighted by Gasteiger charge is 2.23. The summed E-state index contributed by atoms with van der Waals surface area (Å²) in [6.07, 6.45) is 3.09. The first-order chi connectivity index (χ1) is 9.44. The largest absolute Gasteiger partial charge is 0.444 e. The van der Waals surface area contributed by atoms with Crippen LogP contribution in [-0.4, -0.2) is 26.6 Å². The predicted octanol–water partition coefficient (Wildman–Crippen LogP) is 3.41. The van der Waals surface area contributed by atoms with E-state index in [0.717, 1.165) is 10.7 Å². The molecule has 2 heterocycles. The van der Waals surface area contributed by atoms with E-state index in [2.05, 4.69) is 9.97 Å². The number of hydrogen-bond acceptors (Lipinski definition) is 4. The van der Waals surface area contributed by atoms with Crippen molar-refractivity contribution in [1.82, 2.24) is 14.9 Å². The number of nitrogens with zero attached hydrogens (tertiary/aromatic N) is 2. The van der Waals surface area contributed by atoms with Crippen molar-refractivity contribution in [2.24, 2.45) is 0 Å². The van der Waals surface area contributed by atoms with E-state index < -0.39 is 5.60 Å². The third-order valence-electron chi connectivity index (χ3n) is 2.47. The Hall–Kier alpha value is -1.82. The number of H-pyrrole nitrogens is 1. The molecule has 108 valence electrons. The van der Waals surface area contributed by atoms with Gasteiger partial charge < -0.3 is 9.72 Å². The first-order valence-electron chi connectivity index (χ1n) is 6.42. The lowest BCUT2D eigenvalue weighted by Crippen LogP contribution is -2.36. The Balaban J connectivity index is 2.08. The van der Waals surface area contributed by atoms with Gasteiger partial charge in [-0.3, -0.25) is 4.90 Å². The van der Waals surface area contributed by atoms with Gasteiger partial charge in [0.25, 0.3) is 0 Å². The second-order valence-corrected chi connectivity index (χ2v) is 6.48. The number of imidazole rings is 1. The molecule has 6 heteroatoms. The zero-order valence-electron chi connectivity index (χ0n) is 11.9. The number of hydrogen-bond donors (Lipinski definition) is 1. The van der Waals surface area contributed by atoms with Crippen molar-refractivity contribution in [1.29, 1.82) is 0 Å². The zero-order chi connectivity index (χ0) is 14.6. The molecule has 2 aromatic heterocycles. The maximum atomic E-state index is 12.3. The van der Waals surface area contributed by atoms with E-state index in [1.807, 2.05) is 38.3 Å². The molecule has 0 aromatic carbocycles. The van der Waals surface area contributed by atoms with Crippen LogP contribution < -0.4 is 0 Å². The molecule has 20 heavy (non-hydrogen) atoms. The van der Waals surface area contributed by atoms with Crippen molar-refractivity contribution >= 4 is 17.4 Å². The Morgan fingerprint density at radius 1 is 1.45 bits per heavy atom. The van der Waals surface area contributed by atoms with E-state index in [1.54, 1.807) is 28.6 Å². The average Bonchev–Trinajstić information content (AvgIpc) is 2.98. The van der Waals surface area contributed by atoms with Crippen molar-refractivity contribution < 1.29 is 9.53 Å². The highest BCUT2D eigenvalue weighted by molar-refractivity contribution is 7.09. The fourth-order valence-electron chi connectivity index (χ4n) is 1.67. The van der Waals surface area contributed by atoms with E-state index in [4.69, 9.17) is 4.74 Å². The van der Waals surface area contributed by atoms with Crippen molar-refractivity contribution in [2.75, 3.05) is 0 Å². The van der Waals surface area contributed by atoms with Crippen LogP contribution in [0.3, 0.4) is 0 Å². The van der Waals surface area contributed by atoms with Crippen molar-refractivity contribution in [2.45, 2.75) is 39.5 Å². The van der Waals surface area contributed by atoms with Gasteiger partial charge in [-0.05, 0) is 32.2 Å². The van der Waals surface area contributed by atoms with Crippen molar-refractivity contribution in [3.63, 3.8) is 0 Å². The minimum absolute atomic E-state index is 0.331. The number of carbonyl (C=O) groups excluding carboxylic acids is 1. The highest BCUT2D eigenvalue weighted by atomic mass is 32.1. The molecule has 1 N–H and O–H groups in total. The summed E-state index contributed by atoms with van der Waals surface area (Å²) in [5.41, 5.74) is -0.506. The number of ether oxygens (including phenoxy) is 1. The van der Waals surface area contributed by atoms with Crippen LogP contribution in [0.25, 0.3) is 0 Å². The standard InChI is InChI=1S/C14H19N3O2S/c1-14(2,3)19-13(18)17(9-11-5-4-8-20-11)10-12-15-6-7-16-12/h4-8H,9-10H2,1-3H3,(H,15,16). The van der Waals surface area contributed by atoms with E-state index >= 15 is 0 Å². The molecular weight excluding hydrogens is 274 g/mol. The zero-order valence-corrected chi connectivity index (χ0v) is 12.7. The molecule has 2 rings (SSSR count). The molecule has 0 atom stereocenters. The van der Waals surface area contributed by atoms with Crippen LogP contribution in [-0.2, 0) is 17.8 Å². The first kappa shape index (κ1) is 14.6. The van der Waals surface area contributed by atoms with Crippen molar-refractivity contribution in [3.8, 4) is 0 Å². The van der Waals surface area contributed by atoms with E-state index in [0.29, 0.717) is 13.1 Å². The Kier molecular flexibility index (Phi) is 4.44. The summed E-state index contributed by atoms with van der Waals surface area (Å²) in [5.74, 6) is 0.743. The van der Waals surface area contributed by atoms with Gasteiger partial charge in [0.1, 0.15) is 11.4 Å². The molecular formula is C14H19N3O2S. The second kappa shape index (κ2) is 6.09. The summed E-state index contributed by atoms with van der Waals surface area (Å²) in [5, 5.41) is 2.00. The molecule has 0 radical (unpaired) electrons. The summed E-state index contributed by atoms with van der Waals surface area (Å²) >= 11 is 1.62. The lowest BCUT2D eigenvalue weighted by molar-refractivity contribution is 0.0214. The Morgan fingerprint density at radius 3 is 2.80 bits per heavy atom. The first-order valence-corrected chi connectivity index (χ1v) is 7.30.